The summed E-state index contributed by atoms with van der Waals surface area (Å²) >= 11 is 9.35. The number of aryl methyl sites for hydroxylation is 1. The average molecular weight is 304 g/mol. The van der Waals surface area contributed by atoms with Crippen molar-refractivity contribution in [2.24, 2.45) is 0 Å². The van der Waals surface area contributed by atoms with Gasteiger partial charge in [-0.1, -0.05) is 15.9 Å². The number of carbonyl (C=O) groups excluding carboxylic acids is 1. The lowest BCUT2D eigenvalue weighted by Gasteiger charge is -2.20. The Bertz CT molecular complexity index is 427. The minimum Gasteiger partial charge on any atom is -0.397 e. The van der Waals surface area contributed by atoms with Gasteiger partial charge in [-0.25, -0.2) is 0 Å². The third-order valence-electron chi connectivity index (χ3n) is 2.64. The number of carbonyl (C=O) groups is 1. The van der Waals surface area contributed by atoms with Crippen LogP contribution in [0.15, 0.2) is 16.6 Å². The molecule has 0 saturated carbocycles. The van der Waals surface area contributed by atoms with Crippen LogP contribution in [0.25, 0.3) is 0 Å². The molecule has 1 saturated heterocycles. The Labute approximate surface area is 108 Å². The molecule has 0 aliphatic carbocycles. The molecule has 3 nitrogen and oxygen atoms in total. The molecule has 1 aromatic rings. The molecule has 0 bridgehead atoms. The highest BCUT2D eigenvalue weighted by atomic mass is 79.9. The number of nitrogens with zero attached hydrogens (tertiary/aromatic N) is 1. The minimum absolute atomic E-state index is 0.0390. The highest BCUT2D eigenvalue weighted by Crippen LogP contribution is 2.34. The van der Waals surface area contributed by atoms with Crippen molar-refractivity contribution in [3.8, 4) is 0 Å². The van der Waals surface area contributed by atoms with Gasteiger partial charge in [0.15, 0.2) is 0 Å². The van der Waals surface area contributed by atoms with Crippen molar-refractivity contribution in [3.63, 3.8) is 0 Å². The Morgan fingerprint density at radius 2 is 2.25 bits per heavy atom. The van der Waals surface area contributed by atoms with E-state index < -0.39 is 0 Å². The SMILES string of the molecule is Cc1cc(Br)cc(N)c1N1CC(Cl)CC1=O. The number of hydrogen-bond donors (Lipinski definition) is 1. The van der Waals surface area contributed by atoms with E-state index in [1.165, 1.54) is 0 Å². The molecule has 1 amide bonds. The summed E-state index contributed by atoms with van der Waals surface area (Å²) in [7, 11) is 0. The second-order valence-electron chi connectivity index (χ2n) is 3.97. The number of nitrogens with two attached hydrogens (primary N) is 1. The van der Waals surface area contributed by atoms with Crippen molar-refractivity contribution >= 4 is 44.8 Å². The number of halogens is 2. The monoisotopic (exact) mass is 302 g/mol. The van der Waals surface area contributed by atoms with E-state index in [4.69, 9.17) is 17.3 Å². The van der Waals surface area contributed by atoms with Gasteiger partial charge >= 0.3 is 0 Å². The van der Waals surface area contributed by atoms with Gasteiger partial charge in [-0.15, -0.1) is 11.6 Å². The van der Waals surface area contributed by atoms with E-state index in [2.05, 4.69) is 15.9 Å². The minimum atomic E-state index is -0.116. The predicted octanol–water partition coefficient (Wildman–Crippen LogP) is 2.68. The standard InChI is InChI=1S/C11H12BrClN2O/c1-6-2-7(12)3-9(14)11(6)15-5-8(13)4-10(15)16/h2-3,8H,4-5,14H2,1H3. The number of benzene rings is 1. The van der Waals surface area contributed by atoms with Crippen LogP contribution in [0.4, 0.5) is 11.4 Å². The van der Waals surface area contributed by atoms with Gasteiger partial charge in [-0.3, -0.25) is 4.79 Å². The molecule has 86 valence electrons. The molecule has 2 N–H and O–H groups in total. The summed E-state index contributed by atoms with van der Waals surface area (Å²) in [6.45, 7) is 2.47. The predicted molar refractivity (Wildman–Crippen MR) is 69.9 cm³/mol. The highest BCUT2D eigenvalue weighted by molar-refractivity contribution is 9.10. The third kappa shape index (κ3) is 2.04. The maximum atomic E-state index is 11.7. The number of hydrogen-bond acceptors (Lipinski definition) is 2. The molecule has 16 heavy (non-hydrogen) atoms. The van der Waals surface area contributed by atoms with Crippen LogP contribution in [-0.2, 0) is 4.79 Å². The number of rotatable bonds is 1. The molecule has 1 atom stereocenters. The van der Waals surface area contributed by atoms with E-state index in [-0.39, 0.29) is 11.3 Å². The zero-order valence-corrected chi connectivity index (χ0v) is 11.2. The van der Waals surface area contributed by atoms with Crippen LogP contribution in [0.3, 0.4) is 0 Å². The van der Waals surface area contributed by atoms with Gasteiger partial charge in [0, 0.05) is 17.4 Å². The van der Waals surface area contributed by atoms with Crippen molar-refractivity contribution in [2.45, 2.75) is 18.7 Å². The molecule has 0 aromatic heterocycles. The first-order valence-electron chi connectivity index (χ1n) is 4.99. The summed E-state index contributed by atoms with van der Waals surface area (Å²) in [5, 5.41) is -0.116. The zero-order chi connectivity index (χ0) is 11.9. The summed E-state index contributed by atoms with van der Waals surface area (Å²) < 4.78 is 0.917. The Balaban J connectivity index is 2.44. The maximum absolute atomic E-state index is 11.7. The molecule has 1 aliphatic heterocycles. The molecule has 1 aromatic carbocycles. The lowest BCUT2D eigenvalue weighted by atomic mass is 10.1. The van der Waals surface area contributed by atoms with Crippen LogP contribution in [0.1, 0.15) is 12.0 Å². The van der Waals surface area contributed by atoms with Crippen LogP contribution < -0.4 is 10.6 Å². The highest BCUT2D eigenvalue weighted by Gasteiger charge is 2.31. The lowest BCUT2D eigenvalue weighted by molar-refractivity contribution is -0.117. The number of anilines is 2. The molecule has 5 heteroatoms. The number of nitrogen functional groups attached to an aromatic ring is 1. The molecule has 2 rings (SSSR count). The molecule has 0 radical (unpaired) electrons. The van der Waals surface area contributed by atoms with Gasteiger partial charge in [0.05, 0.1) is 16.8 Å². The summed E-state index contributed by atoms with van der Waals surface area (Å²) in [5.41, 5.74) is 8.31. The van der Waals surface area contributed by atoms with Gasteiger partial charge in [-0.05, 0) is 24.6 Å². The quantitative estimate of drug-likeness (QED) is 0.640. The van der Waals surface area contributed by atoms with Crippen molar-refractivity contribution in [2.75, 3.05) is 17.2 Å². The van der Waals surface area contributed by atoms with Crippen molar-refractivity contribution in [1.29, 1.82) is 0 Å². The van der Waals surface area contributed by atoms with E-state index in [9.17, 15) is 4.79 Å². The third-order valence-corrected chi connectivity index (χ3v) is 3.39. The van der Waals surface area contributed by atoms with Crippen molar-refractivity contribution < 1.29 is 4.79 Å². The Morgan fingerprint density at radius 1 is 1.56 bits per heavy atom. The van der Waals surface area contributed by atoms with Gasteiger partial charge in [0.1, 0.15) is 0 Å². The second-order valence-corrected chi connectivity index (χ2v) is 5.50. The molecular formula is C11H12BrClN2O. The zero-order valence-electron chi connectivity index (χ0n) is 8.84. The normalized spacial score (nSPS) is 20.6. The van der Waals surface area contributed by atoms with Gasteiger partial charge in [-0.2, -0.15) is 0 Å². The summed E-state index contributed by atoms with van der Waals surface area (Å²) in [4.78, 5) is 13.4. The largest absolute Gasteiger partial charge is 0.397 e. The van der Waals surface area contributed by atoms with E-state index in [1.54, 1.807) is 11.0 Å². The van der Waals surface area contributed by atoms with Crippen LogP contribution in [-0.4, -0.2) is 17.8 Å². The van der Waals surface area contributed by atoms with Gasteiger partial charge in [0.25, 0.3) is 0 Å². The molecule has 1 aliphatic rings. The lowest BCUT2D eigenvalue weighted by Crippen LogP contribution is -2.26. The summed E-state index contributed by atoms with van der Waals surface area (Å²) in [5.74, 6) is 0.0390. The van der Waals surface area contributed by atoms with E-state index >= 15 is 0 Å². The second kappa shape index (κ2) is 4.26. The fraction of sp³-hybridized carbons (Fsp3) is 0.364. The molecule has 1 fully saturated rings. The van der Waals surface area contributed by atoms with E-state index in [1.807, 2.05) is 13.0 Å². The van der Waals surface area contributed by atoms with Crippen LogP contribution in [0.5, 0.6) is 0 Å². The van der Waals surface area contributed by atoms with Crippen LogP contribution in [0.2, 0.25) is 0 Å². The molecule has 0 spiro atoms. The fourth-order valence-electron chi connectivity index (χ4n) is 2.01. The van der Waals surface area contributed by atoms with Crippen molar-refractivity contribution in [1.82, 2.24) is 0 Å². The average Bonchev–Trinajstić information content (AvgIpc) is 2.43. The molecule has 1 heterocycles. The van der Waals surface area contributed by atoms with Gasteiger partial charge in [0.2, 0.25) is 5.91 Å². The van der Waals surface area contributed by atoms with Gasteiger partial charge < -0.3 is 10.6 Å². The first kappa shape index (κ1) is 11.7. The van der Waals surface area contributed by atoms with Crippen LogP contribution in [0, 0.1) is 6.92 Å². The molecule has 1 unspecified atom stereocenters. The summed E-state index contributed by atoms with van der Waals surface area (Å²) in [6.07, 6.45) is 0.385. The Kier molecular flexibility index (Phi) is 3.13. The maximum Gasteiger partial charge on any atom is 0.228 e. The Hall–Kier alpha value is -0.740. The van der Waals surface area contributed by atoms with E-state index in [0.29, 0.717) is 18.7 Å². The number of alkyl halides is 1. The summed E-state index contributed by atoms with van der Waals surface area (Å²) in [6, 6.07) is 3.75. The molecular weight excluding hydrogens is 291 g/mol. The fourth-order valence-corrected chi connectivity index (χ4v) is 2.87. The van der Waals surface area contributed by atoms with Crippen LogP contribution >= 0.6 is 27.5 Å². The number of amides is 1. The topological polar surface area (TPSA) is 46.3 Å². The first-order valence-corrected chi connectivity index (χ1v) is 6.22. The first-order chi connectivity index (χ1) is 7.49. The Morgan fingerprint density at radius 3 is 2.75 bits per heavy atom. The van der Waals surface area contributed by atoms with Crippen molar-refractivity contribution in [3.05, 3.63) is 22.2 Å². The smallest absolute Gasteiger partial charge is 0.228 e. The van der Waals surface area contributed by atoms with E-state index in [0.717, 1.165) is 15.7 Å².